The summed E-state index contributed by atoms with van der Waals surface area (Å²) >= 11 is 6.07. The maximum atomic E-state index is 6.07. The molecule has 2 aromatic rings. The maximum absolute atomic E-state index is 6.07. The Morgan fingerprint density at radius 1 is 1.35 bits per heavy atom. The van der Waals surface area contributed by atoms with Crippen molar-refractivity contribution in [2.24, 2.45) is 12.8 Å². The molecule has 0 radical (unpaired) electrons. The molecule has 0 aliphatic heterocycles. The fraction of sp³-hybridized carbons (Fsp3) is 0.364. The van der Waals surface area contributed by atoms with Gasteiger partial charge in [-0.25, -0.2) is 0 Å². The molecule has 0 bridgehead atoms. The van der Waals surface area contributed by atoms with Crippen molar-refractivity contribution in [1.82, 2.24) is 20.2 Å². The zero-order valence-electron chi connectivity index (χ0n) is 9.55. The van der Waals surface area contributed by atoms with E-state index in [9.17, 15) is 0 Å². The third kappa shape index (κ3) is 3.25. The number of nitrogens with zero attached hydrogens (tertiary/aromatic N) is 4. The smallest absolute Gasteiger partial charge is 0.176 e. The number of hydrogen-bond acceptors (Lipinski definition) is 4. The summed E-state index contributed by atoms with van der Waals surface area (Å²) in [5.74, 6) is 0.659. The Labute approximate surface area is 105 Å². The Morgan fingerprint density at radius 2 is 2.12 bits per heavy atom. The van der Waals surface area contributed by atoms with Crippen molar-refractivity contribution in [3.8, 4) is 0 Å². The lowest BCUT2D eigenvalue weighted by Crippen LogP contribution is -2.26. The highest BCUT2D eigenvalue weighted by molar-refractivity contribution is 6.31. The van der Waals surface area contributed by atoms with E-state index in [4.69, 9.17) is 17.3 Å². The van der Waals surface area contributed by atoms with Gasteiger partial charge in [-0.3, -0.25) is 0 Å². The molecular weight excluding hydrogens is 238 g/mol. The molecule has 0 aliphatic rings. The molecule has 2 rings (SSSR count). The second-order valence-corrected chi connectivity index (χ2v) is 4.36. The number of aryl methyl sites for hydroxylation is 1. The molecule has 2 N–H and O–H groups in total. The third-order valence-corrected chi connectivity index (χ3v) is 2.80. The first kappa shape index (κ1) is 12.0. The average molecular weight is 252 g/mol. The highest BCUT2D eigenvalue weighted by atomic mass is 35.5. The maximum Gasteiger partial charge on any atom is 0.176 e. The van der Waals surface area contributed by atoms with Gasteiger partial charge in [0.15, 0.2) is 5.82 Å². The Morgan fingerprint density at radius 3 is 2.76 bits per heavy atom. The van der Waals surface area contributed by atoms with Crippen LogP contribution < -0.4 is 5.73 Å². The van der Waals surface area contributed by atoms with Gasteiger partial charge in [0.05, 0.1) is 7.05 Å². The average Bonchev–Trinajstić information content (AvgIpc) is 2.67. The summed E-state index contributed by atoms with van der Waals surface area (Å²) < 4.78 is 0. The fourth-order valence-corrected chi connectivity index (χ4v) is 1.87. The van der Waals surface area contributed by atoms with Crippen LogP contribution in [0.5, 0.6) is 0 Å². The minimum Gasteiger partial charge on any atom is -0.327 e. The summed E-state index contributed by atoms with van der Waals surface area (Å²) in [6, 6.07) is 7.64. The molecule has 1 aromatic heterocycles. The standard InChI is InChI=1S/C11H14ClN5/c1-17-15-11(14-16-17)7-9(13)6-8-4-2-3-5-10(8)12/h2-5,9H,6-7,13H2,1H3. The molecule has 0 spiro atoms. The summed E-state index contributed by atoms with van der Waals surface area (Å²) in [7, 11) is 1.73. The minimum absolute atomic E-state index is 0.0564. The van der Waals surface area contributed by atoms with Crippen LogP contribution in [-0.2, 0) is 19.9 Å². The lowest BCUT2D eigenvalue weighted by Gasteiger charge is -2.10. The molecule has 6 heteroatoms. The highest BCUT2D eigenvalue weighted by Gasteiger charge is 2.10. The van der Waals surface area contributed by atoms with Gasteiger partial charge in [0.2, 0.25) is 0 Å². The number of hydrogen-bond donors (Lipinski definition) is 1. The van der Waals surface area contributed by atoms with E-state index in [2.05, 4.69) is 15.4 Å². The molecule has 1 heterocycles. The van der Waals surface area contributed by atoms with Crippen LogP contribution >= 0.6 is 11.6 Å². The van der Waals surface area contributed by atoms with Gasteiger partial charge >= 0.3 is 0 Å². The van der Waals surface area contributed by atoms with Crippen LogP contribution in [0.4, 0.5) is 0 Å². The fourth-order valence-electron chi connectivity index (χ4n) is 1.66. The zero-order chi connectivity index (χ0) is 12.3. The predicted molar refractivity (Wildman–Crippen MR) is 65.6 cm³/mol. The van der Waals surface area contributed by atoms with Crippen molar-refractivity contribution in [1.29, 1.82) is 0 Å². The van der Waals surface area contributed by atoms with E-state index in [1.165, 1.54) is 4.80 Å². The lowest BCUT2D eigenvalue weighted by molar-refractivity contribution is 0.615. The number of benzene rings is 1. The lowest BCUT2D eigenvalue weighted by atomic mass is 10.0. The van der Waals surface area contributed by atoms with E-state index in [1.54, 1.807) is 7.05 Å². The number of aromatic nitrogens is 4. The summed E-state index contributed by atoms with van der Waals surface area (Å²) in [6.45, 7) is 0. The van der Waals surface area contributed by atoms with Crippen molar-refractivity contribution >= 4 is 11.6 Å². The number of tetrazole rings is 1. The second kappa shape index (κ2) is 5.25. The molecule has 1 unspecified atom stereocenters. The quantitative estimate of drug-likeness (QED) is 0.879. The highest BCUT2D eigenvalue weighted by Crippen LogP contribution is 2.16. The zero-order valence-corrected chi connectivity index (χ0v) is 10.3. The molecule has 17 heavy (non-hydrogen) atoms. The first-order valence-electron chi connectivity index (χ1n) is 5.37. The monoisotopic (exact) mass is 251 g/mol. The molecule has 0 aliphatic carbocycles. The van der Waals surface area contributed by atoms with Gasteiger partial charge in [-0.05, 0) is 23.3 Å². The van der Waals surface area contributed by atoms with E-state index in [0.717, 1.165) is 10.6 Å². The van der Waals surface area contributed by atoms with Gasteiger partial charge in [0.25, 0.3) is 0 Å². The molecule has 0 saturated heterocycles. The van der Waals surface area contributed by atoms with Gasteiger partial charge < -0.3 is 5.73 Å². The van der Waals surface area contributed by atoms with Gasteiger partial charge in [-0.2, -0.15) is 4.80 Å². The van der Waals surface area contributed by atoms with Crippen molar-refractivity contribution < 1.29 is 0 Å². The van der Waals surface area contributed by atoms with Crippen LogP contribution in [0.1, 0.15) is 11.4 Å². The molecule has 0 saturated carbocycles. The van der Waals surface area contributed by atoms with E-state index in [0.29, 0.717) is 18.7 Å². The molecule has 1 aromatic carbocycles. The Hall–Kier alpha value is -1.46. The SMILES string of the molecule is Cn1nnc(CC(N)Cc2ccccc2Cl)n1. The van der Waals surface area contributed by atoms with Crippen LogP contribution in [0.25, 0.3) is 0 Å². The first-order chi connectivity index (χ1) is 8.15. The van der Waals surface area contributed by atoms with Crippen molar-refractivity contribution in [2.75, 3.05) is 0 Å². The van der Waals surface area contributed by atoms with Gasteiger partial charge in [0.1, 0.15) is 0 Å². The number of rotatable bonds is 4. The van der Waals surface area contributed by atoms with E-state index in [-0.39, 0.29) is 6.04 Å². The molecule has 90 valence electrons. The van der Waals surface area contributed by atoms with E-state index >= 15 is 0 Å². The number of nitrogens with two attached hydrogens (primary N) is 1. The van der Waals surface area contributed by atoms with Gasteiger partial charge in [-0.1, -0.05) is 29.8 Å². The summed E-state index contributed by atoms with van der Waals surface area (Å²) in [5, 5.41) is 12.5. The molecule has 0 amide bonds. The second-order valence-electron chi connectivity index (χ2n) is 3.95. The largest absolute Gasteiger partial charge is 0.327 e. The Bertz CT molecular complexity index is 496. The third-order valence-electron chi connectivity index (χ3n) is 2.43. The van der Waals surface area contributed by atoms with Crippen LogP contribution in [0.3, 0.4) is 0 Å². The molecule has 0 fully saturated rings. The topological polar surface area (TPSA) is 69.6 Å². The summed E-state index contributed by atoms with van der Waals surface area (Å²) in [6.07, 6.45) is 1.30. The van der Waals surface area contributed by atoms with Crippen LogP contribution in [0.15, 0.2) is 24.3 Å². The normalized spacial score (nSPS) is 12.6. The van der Waals surface area contributed by atoms with Crippen molar-refractivity contribution in [3.05, 3.63) is 40.7 Å². The Kier molecular flexibility index (Phi) is 3.71. The predicted octanol–water partition coefficient (Wildman–Crippen LogP) is 0.976. The van der Waals surface area contributed by atoms with Crippen molar-refractivity contribution in [2.45, 2.75) is 18.9 Å². The summed E-state index contributed by atoms with van der Waals surface area (Å²) in [4.78, 5) is 1.43. The van der Waals surface area contributed by atoms with Gasteiger partial charge in [-0.15, -0.1) is 10.2 Å². The van der Waals surface area contributed by atoms with Crippen LogP contribution in [0, 0.1) is 0 Å². The van der Waals surface area contributed by atoms with Crippen LogP contribution in [-0.4, -0.2) is 26.2 Å². The number of halogens is 1. The molecule has 1 atom stereocenters. The molecular formula is C11H14ClN5. The van der Waals surface area contributed by atoms with Gasteiger partial charge in [0, 0.05) is 17.5 Å². The van der Waals surface area contributed by atoms with Crippen molar-refractivity contribution in [3.63, 3.8) is 0 Å². The molecule has 5 nitrogen and oxygen atoms in total. The first-order valence-corrected chi connectivity index (χ1v) is 5.75. The Balaban J connectivity index is 1.98. The van der Waals surface area contributed by atoms with E-state index in [1.807, 2.05) is 24.3 Å². The minimum atomic E-state index is -0.0564. The van der Waals surface area contributed by atoms with E-state index < -0.39 is 0 Å². The summed E-state index contributed by atoms with van der Waals surface area (Å²) in [5.41, 5.74) is 7.09. The van der Waals surface area contributed by atoms with Crippen LogP contribution in [0.2, 0.25) is 5.02 Å².